The van der Waals surface area contributed by atoms with E-state index in [9.17, 15) is 5.11 Å². The van der Waals surface area contributed by atoms with Gasteiger partial charge in [-0.2, -0.15) is 0 Å². The molecule has 0 aromatic carbocycles. The lowest BCUT2D eigenvalue weighted by atomic mass is 9.94. The number of rotatable bonds is 2. The van der Waals surface area contributed by atoms with Crippen LogP contribution in [0.1, 0.15) is 24.6 Å². The molecule has 72 valence electrons. The number of aliphatic hydroxyl groups excluding tert-OH is 1. The second kappa shape index (κ2) is 4.13. The predicted molar refractivity (Wildman–Crippen MR) is 48.4 cm³/mol. The van der Waals surface area contributed by atoms with E-state index in [4.69, 9.17) is 4.74 Å². The summed E-state index contributed by atoms with van der Waals surface area (Å²) >= 11 is 1.27. The molecule has 0 aliphatic carbocycles. The summed E-state index contributed by atoms with van der Waals surface area (Å²) in [5.74, 6) is 0.192. The van der Waals surface area contributed by atoms with Crippen molar-refractivity contribution in [2.45, 2.75) is 18.9 Å². The third-order valence-corrected chi connectivity index (χ3v) is 2.84. The van der Waals surface area contributed by atoms with Gasteiger partial charge < -0.3 is 9.84 Å². The second-order valence-electron chi connectivity index (χ2n) is 3.25. The van der Waals surface area contributed by atoms with Crippen LogP contribution in [0.3, 0.4) is 0 Å². The molecule has 1 aromatic rings. The molecule has 1 fully saturated rings. The Hall–Kier alpha value is -0.520. The van der Waals surface area contributed by atoms with Crippen molar-refractivity contribution >= 4 is 11.5 Å². The second-order valence-corrected chi connectivity index (χ2v) is 3.86. The maximum absolute atomic E-state index is 9.86. The normalized spacial score (nSPS) is 25.8. The van der Waals surface area contributed by atoms with E-state index in [2.05, 4.69) is 9.59 Å². The first-order valence-electron chi connectivity index (χ1n) is 4.40. The molecule has 0 spiro atoms. The number of hydrogen-bond donors (Lipinski definition) is 1. The predicted octanol–water partition coefficient (Wildman–Crippen LogP) is 0.998. The van der Waals surface area contributed by atoms with Gasteiger partial charge in [-0.05, 0) is 24.4 Å². The topological polar surface area (TPSA) is 55.2 Å². The Morgan fingerprint density at radius 1 is 1.69 bits per heavy atom. The number of aliphatic hydroxyl groups is 1. The molecule has 4 nitrogen and oxygen atoms in total. The largest absolute Gasteiger partial charge is 0.386 e. The molecule has 2 rings (SSSR count). The monoisotopic (exact) mass is 200 g/mol. The van der Waals surface area contributed by atoms with Crippen molar-refractivity contribution in [2.75, 3.05) is 13.2 Å². The van der Waals surface area contributed by atoms with Crippen LogP contribution in [0.2, 0.25) is 0 Å². The summed E-state index contributed by atoms with van der Waals surface area (Å²) in [6, 6.07) is 0. The van der Waals surface area contributed by atoms with Crippen LogP contribution in [0.5, 0.6) is 0 Å². The lowest BCUT2D eigenvalue weighted by molar-refractivity contribution is -0.0115. The zero-order valence-corrected chi connectivity index (χ0v) is 8.04. The lowest BCUT2D eigenvalue weighted by Crippen LogP contribution is -2.23. The van der Waals surface area contributed by atoms with Crippen molar-refractivity contribution in [1.29, 1.82) is 0 Å². The smallest absolute Gasteiger partial charge is 0.104 e. The summed E-state index contributed by atoms with van der Waals surface area (Å²) in [4.78, 5) is 0. The number of hydrogen-bond acceptors (Lipinski definition) is 5. The number of ether oxygens (including phenoxy) is 1. The van der Waals surface area contributed by atoms with Gasteiger partial charge in [0, 0.05) is 17.9 Å². The minimum atomic E-state index is -0.501. The highest BCUT2D eigenvalue weighted by Gasteiger charge is 2.25. The van der Waals surface area contributed by atoms with Crippen LogP contribution >= 0.6 is 11.5 Å². The van der Waals surface area contributed by atoms with E-state index in [1.807, 2.05) is 0 Å². The SMILES string of the molecule is OC(c1csnn1)C1CCCOC1. The van der Waals surface area contributed by atoms with Crippen molar-refractivity contribution in [3.05, 3.63) is 11.1 Å². The summed E-state index contributed by atoms with van der Waals surface area (Å²) in [6.45, 7) is 1.46. The van der Waals surface area contributed by atoms with Gasteiger partial charge in [-0.1, -0.05) is 4.49 Å². The van der Waals surface area contributed by atoms with Gasteiger partial charge in [0.15, 0.2) is 0 Å². The van der Waals surface area contributed by atoms with Gasteiger partial charge >= 0.3 is 0 Å². The summed E-state index contributed by atoms with van der Waals surface area (Å²) < 4.78 is 9.03. The minimum Gasteiger partial charge on any atom is -0.386 e. The molecule has 1 aliphatic rings. The first kappa shape index (κ1) is 9.05. The van der Waals surface area contributed by atoms with Crippen molar-refractivity contribution in [1.82, 2.24) is 9.59 Å². The Labute approximate surface area is 80.7 Å². The third kappa shape index (κ3) is 2.04. The molecule has 2 atom stereocenters. The zero-order chi connectivity index (χ0) is 9.10. The maximum atomic E-state index is 9.86. The molecule has 1 aromatic heterocycles. The summed E-state index contributed by atoms with van der Waals surface area (Å²) in [5, 5.41) is 15.5. The van der Waals surface area contributed by atoms with E-state index >= 15 is 0 Å². The number of nitrogens with zero attached hydrogens (tertiary/aromatic N) is 2. The van der Waals surface area contributed by atoms with Gasteiger partial charge in [0.05, 0.1) is 6.61 Å². The van der Waals surface area contributed by atoms with Crippen LogP contribution in [0.15, 0.2) is 5.38 Å². The Morgan fingerprint density at radius 2 is 2.62 bits per heavy atom. The van der Waals surface area contributed by atoms with E-state index in [1.165, 1.54) is 11.5 Å². The quantitative estimate of drug-likeness (QED) is 0.773. The Morgan fingerprint density at radius 3 is 3.23 bits per heavy atom. The van der Waals surface area contributed by atoms with Crippen LogP contribution in [0.25, 0.3) is 0 Å². The molecule has 1 N–H and O–H groups in total. The molecular weight excluding hydrogens is 188 g/mol. The summed E-state index contributed by atoms with van der Waals surface area (Å²) in [6.07, 6.45) is 1.54. The minimum absolute atomic E-state index is 0.192. The van der Waals surface area contributed by atoms with E-state index in [1.54, 1.807) is 5.38 Å². The maximum Gasteiger partial charge on any atom is 0.104 e. The van der Waals surface area contributed by atoms with Crippen LogP contribution in [-0.2, 0) is 4.74 Å². The fourth-order valence-electron chi connectivity index (χ4n) is 1.56. The average Bonchev–Trinajstić information content (AvgIpc) is 2.71. The summed E-state index contributed by atoms with van der Waals surface area (Å²) in [5.41, 5.74) is 0.681. The first-order valence-corrected chi connectivity index (χ1v) is 5.24. The van der Waals surface area contributed by atoms with Gasteiger partial charge in [-0.15, -0.1) is 5.10 Å². The van der Waals surface area contributed by atoms with E-state index in [0.29, 0.717) is 12.3 Å². The Bertz CT molecular complexity index is 247. The highest BCUT2D eigenvalue weighted by molar-refractivity contribution is 7.03. The van der Waals surface area contributed by atoms with Crippen molar-refractivity contribution in [2.24, 2.45) is 5.92 Å². The van der Waals surface area contributed by atoms with Crippen LogP contribution in [-0.4, -0.2) is 27.9 Å². The fraction of sp³-hybridized carbons (Fsp3) is 0.750. The molecule has 2 unspecified atom stereocenters. The molecule has 2 heterocycles. The highest BCUT2D eigenvalue weighted by atomic mass is 32.1. The van der Waals surface area contributed by atoms with Crippen molar-refractivity contribution in [3.8, 4) is 0 Å². The Balaban J connectivity index is 1.99. The number of aromatic nitrogens is 2. The van der Waals surface area contributed by atoms with Crippen molar-refractivity contribution in [3.63, 3.8) is 0 Å². The lowest BCUT2D eigenvalue weighted by Gasteiger charge is -2.25. The van der Waals surface area contributed by atoms with Crippen LogP contribution in [0, 0.1) is 5.92 Å². The van der Waals surface area contributed by atoms with E-state index in [0.717, 1.165) is 19.4 Å². The molecule has 1 saturated heterocycles. The zero-order valence-electron chi connectivity index (χ0n) is 7.22. The first-order chi connectivity index (χ1) is 6.38. The molecule has 0 amide bonds. The van der Waals surface area contributed by atoms with Gasteiger partial charge in [0.25, 0.3) is 0 Å². The fourth-order valence-corrected chi connectivity index (χ4v) is 2.04. The molecule has 13 heavy (non-hydrogen) atoms. The summed E-state index contributed by atoms with van der Waals surface area (Å²) in [7, 11) is 0. The highest BCUT2D eigenvalue weighted by Crippen LogP contribution is 2.27. The average molecular weight is 200 g/mol. The molecule has 0 radical (unpaired) electrons. The standard InChI is InChI=1S/C8H12N2O2S/c11-8(7-5-13-10-9-7)6-2-1-3-12-4-6/h5-6,8,11H,1-4H2. The Kier molecular flexibility index (Phi) is 2.87. The van der Waals surface area contributed by atoms with E-state index < -0.39 is 6.10 Å². The molecule has 0 bridgehead atoms. The molecular formula is C8H12N2O2S. The van der Waals surface area contributed by atoms with Gasteiger partial charge in [0.2, 0.25) is 0 Å². The van der Waals surface area contributed by atoms with Gasteiger partial charge in [0.1, 0.15) is 11.8 Å². The van der Waals surface area contributed by atoms with Crippen LogP contribution in [0.4, 0.5) is 0 Å². The third-order valence-electron chi connectivity index (χ3n) is 2.32. The van der Waals surface area contributed by atoms with Crippen molar-refractivity contribution < 1.29 is 9.84 Å². The molecule has 5 heteroatoms. The van der Waals surface area contributed by atoms with Gasteiger partial charge in [-0.3, -0.25) is 0 Å². The van der Waals surface area contributed by atoms with Crippen LogP contribution < -0.4 is 0 Å². The van der Waals surface area contributed by atoms with E-state index in [-0.39, 0.29) is 5.92 Å². The molecule has 0 saturated carbocycles. The van der Waals surface area contributed by atoms with Gasteiger partial charge in [-0.25, -0.2) is 0 Å². The molecule has 1 aliphatic heterocycles.